The van der Waals surface area contributed by atoms with Gasteiger partial charge in [0.1, 0.15) is 5.75 Å². The number of phenolic OH excluding ortho intramolecular Hbond substituents is 1. The predicted molar refractivity (Wildman–Crippen MR) is 89.7 cm³/mol. The summed E-state index contributed by atoms with van der Waals surface area (Å²) >= 11 is 0. The molecule has 1 N–H and O–H groups in total. The molecule has 0 saturated carbocycles. The molecule has 4 nitrogen and oxygen atoms in total. The zero-order chi connectivity index (χ0) is 16.0. The number of benzene rings is 2. The quantitative estimate of drug-likeness (QED) is 0.878. The second-order valence-corrected chi connectivity index (χ2v) is 6.26. The van der Waals surface area contributed by atoms with Crippen molar-refractivity contribution in [3.05, 3.63) is 59.2 Å². The van der Waals surface area contributed by atoms with Crippen molar-refractivity contribution < 1.29 is 9.90 Å². The first-order chi connectivity index (χ1) is 11.1. The lowest BCUT2D eigenvalue weighted by Gasteiger charge is -2.33. The fourth-order valence-electron chi connectivity index (χ4n) is 3.51. The van der Waals surface area contributed by atoms with Gasteiger partial charge >= 0.3 is 0 Å². The summed E-state index contributed by atoms with van der Waals surface area (Å²) in [6, 6.07) is 13.2. The highest BCUT2D eigenvalue weighted by atomic mass is 16.3. The molecule has 0 saturated heterocycles. The van der Waals surface area contributed by atoms with E-state index < -0.39 is 0 Å². The van der Waals surface area contributed by atoms with Crippen molar-refractivity contribution >= 4 is 17.3 Å². The maximum Gasteiger partial charge on any atom is 0.248 e. The zero-order valence-corrected chi connectivity index (χ0v) is 13.0. The van der Waals surface area contributed by atoms with Gasteiger partial charge in [0.05, 0.1) is 11.4 Å². The Morgan fingerprint density at radius 1 is 1.22 bits per heavy atom. The third-order valence-electron chi connectivity index (χ3n) is 4.72. The number of carbonyl (C=O) groups excluding carboxylic acids is 1. The van der Waals surface area contributed by atoms with E-state index in [9.17, 15) is 9.90 Å². The van der Waals surface area contributed by atoms with Crippen LogP contribution in [0, 0.1) is 12.8 Å². The number of hydrazone groups is 1. The molecule has 2 aromatic rings. The molecule has 0 fully saturated rings. The molecular formula is C19H18N2O2. The Balaban J connectivity index is 1.83. The van der Waals surface area contributed by atoms with E-state index >= 15 is 0 Å². The zero-order valence-electron chi connectivity index (χ0n) is 13.0. The van der Waals surface area contributed by atoms with E-state index in [1.807, 2.05) is 43.3 Å². The molecule has 0 spiro atoms. The first-order valence-electron chi connectivity index (χ1n) is 7.93. The molecule has 23 heavy (non-hydrogen) atoms. The molecule has 2 aromatic carbocycles. The summed E-state index contributed by atoms with van der Waals surface area (Å²) in [6.45, 7) is 1.99. The number of aromatic hydroxyl groups is 1. The van der Waals surface area contributed by atoms with Gasteiger partial charge in [-0.3, -0.25) is 4.79 Å². The molecule has 1 heterocycles. The first-order valence-corrected chi connectivity index (χ1v) is 7.93. The SMILES string of the molecule is Cc1ccccc1N1N=C2c3ccc(O)cc3CCC2CC1=O. The lowest BCUT2D eigenvalue weighted by atomic mass is 9.79. The number of nitrogens with zero attached hydrogens (tertiary/aromatic N) is 2. The van der Waals surface area contributed by atoms with E-state index in [1.165, 1.54) is 0 Å². The standard InChI is InChI=1S/C19H18N2O2/c1-12-4-2-3-5-17(12)21-18(23)11-14-7-6-13-10-15(22)8-9-16(13)19(14)20-21/h2-5,8-10,14,22H,6-7,11H2,1H3. The van der Waals surface area contributed by atoms with Gasteiger partial charge in [-0.1, -0.05) is 18.2 Å². The molecule has 4 heteroatoms. The molecular weight excluding hydrogens is 288 g/mol. The Hall–Kier alpha value is -2.62. The lowest BCUT2D eigenvalue weighted by molar-refractivity contribution is -0.119. The highest BCUT2D eigenvalue weighted by Gasteiger charge is 2.34. The van der Waals surface area contributed by atoms with Crippen LogP contribution in [-0.4, -0.2) is 16.7 Å². The van der Waals surface area contributed by atoms with Gasteiger partial charge < -0.3 is 5.11 Å². The molecule has 116 valence electrons. The molecule has 1 amide bonds. The number of anilines is 1. The van der Waals surface area contributed by atoms with Crippen LogP contribution in [0.2, 0.25) is 0 Å². The number of aryl methyl sites for hydroxylation is 2. The third kappa shape index (κ3) is 2.31. The number of carbonyl (C=O) groups is 1. The Labute approximate surface area is 135 Å². The van der Waals surface area contributed by atoms with Crippen LogP contribution >= 0.6 is 0 Å². The number of rotatable bonds is 1. The summed E-state index contributed by atoms with van der Waals surface area (Å²) in [5, 5.41) is 15.9. The van der Waals surface area contributed by atoms with Crippen molar-refractivity contribution in [2.24, 2.45) is 11.0 Å². The fraction of sp³-hybridized carbons (Fsp3) is 0.263. The summed E-state index contributed by atoms with van der Waals surface area (Å²) in [5.74, 6) is 0.514. The summed E-state index contributed by atoms with van der Waals surface area (Å²) in [6.07, 6.45) is 2.28. The predicted octanol–water partition coefficient (Wildman–Crippen LogP) is 3.40. The minimum absolute atomic E-state index is 0.0512. The van der Waals surface area contributed by atoms with Crippen LogP contribution in [0.3, 0.4) is 0 Å². The smallest absolute Gasteiger partial charge is 0.248 e. The van der Waals surface area contributed by atoms with E-state index in [4.69, 9.17) is 5.10 Å². The highest BCUT2D eigenvalue weighted by Crippen LogP contribution is 2.35. The molecule has 1 atom stereocenters. The van der Waals surface area contributed by atoms with Crippen molar-refractivity contribution in [1.82, 2.24) is 0 Å². The monoisotopic (exact) mass is 306 g/mol. The van der Waals surface area contributed by atoms with E-state index in [2.05, 4.69) is 0 Å². The average molecular weight is 306 g/mol. The Morgan fingerprint density at radius 3 is 2.87 bits per heavy atom. The first kappa shape index (κ1) is 14.0. The van der Waals surface area contributed by atoms with Gasteiger partial charge in [0.2, 0.25) is 5.91 Å². The summed E-state index contributed by atoms with van der Waals surface area (Å²) in [4.78, 5) is 12.5. The second-order valence-electron chi connectivity index (χ2n) is 6.26. The van der Waals surface area contributed by atoms with Gasteiger partial charge in [-0.2, -0.15) is 5.10 Å². The molecule has 2 aliphatic rings. The summed E-state index contributed by atoms with van der Waals surface area (Å²) < 4.78 is 0. The van der Waals surface area contributed by atoms with Crippen LogP contribution in [0.1, 0.15) is 29.5 Å². The summed E-state index contributed by atoms with van der Waals surface area (Å²) in [5.41, 5.74) is 5.01. The Kier molecular flexibility index (Phi) is 3.18. The minimum Gasteiger partial charge on any atom is -0.508 e. The number of amides is 1. The number of hydrogen-bond acceptors (Lipinski definition) is 3. The van der Waals surface area contributed by atoms with Crippen LogP contribution in [0.15, 0.2) is 47.6 Å². The highest BCUT2D eigenvalue weighted by molar-refractivity contribution is 6.11. The number of para-hydroxylation sites is 1. The molecule has 0 aromatic heterocycles. The van der Waals surface area contributed by atoms with Crippen molar-refractivity contribution in [1.29, 1.82) is 0 Å². The van der Waals surface area contributed by atoms with Crippen LogP contribution in [-0.2, 0) is 11.2 Å². The number of fused-ring (bicyclic) bond motifs is 3. The number of phenols is 1. The van der Waals surface area contributed by atoms with Crippen molar-refractivity contribution in [2.75, 3.05) is 5.01 Å². The van der Waals surface area contributed by atoms with Crippen LogP contribution in [0.4, 0.5) is 5.69 Å². The van der Waals surface area contributed by atoms with Gasteiger partial charge in [0.15, 0.2) is 0 Å². The Bertz CT molecular complexity index is 826. The van der Waals surface area contributed by atoms with Gasteiger partial charge in [-0.05, 0) is 55.2 Å². The molecule has 1 unspecified atom stereocenters. The van der Waals surface area contributed by atoms with Gasteiger partial charge in [-0.25, -0.2) is 5.01 Å². The van der Waals surface area contributed by atoms with Crippen molar-refractivity contribution in [3.63, 3.8) is 0 Å². The van der Waals surface area contributed by atoms with E-state index in [0.717, 1.165) is 40.9 Å². The Morgan fingerprint density at radius 2 is 2.04 bits per heavy atom. The lowest BCUT2D eigenvalue weighted by Crippen LogP contribution is -2.39. The normalized spacial score (nSPS) is 19.9. The van der Waals surface area contributed by atoms with E-state index in [-0.39, 0.29) is 17.6 Å². The van der Waals surface area contributed by atoms with Gasteiger partial charge in [0, 0.05) is 17.9 Å². The molecule has 0 radical (unpaired) electrons. The average Bonchev–Trinajstić information content (AvgIpc) is 2.54. The van der Waals surface area contributed by atoms with Crippen LogP contribution in [0.5, 0.6) is 5.75 Å². The van der Waals surface area contributed by atoms with Crippen molar-refractivity contribution in [2.45, 2.75) is 26.2 Å². The molecule has 0 bridgehead atoms. The van der Waals surface area contributed by atoms with Crippen LogP contribution < -0.4 is 5.01 Å². The molecule has 1 aliphatic heterocycles. The van der Waals surface area contributed by atoms with Gasteiger partial charge in [0.25, 0.3) is 0 Å². The molecule has 1 aliphatic carbocycles. The fourth-order valence-corrected chi connectivity index (χ4v) is 3.51. The molecule has 4 rings (SSSR count). The second kappa shape index (κ2) is 5.23. The maximum absolute atomic E-state index is 12.5. The van der Waals surface area contributed by atoms with E-state index in [0.29, 0.717) is 6.42 Å². The largest absolute Gasteiger partial charge is 0.508 e. The van der Waals surface area contributed by atoms with Crippen LogP contribution in [0.25, 0.3) is 0 Å². The third-order valence-corrected chi connectivity index (χ3v) is 4.72. The topological polar surface area (TPSA) is 52.9 Å². The van der Waals surface area contributed by atoms with Crippen molar-refractivity contribution in [3.8, 4) is 5.75 Å². The van der Waals surface area contributed by atoms with E-state index in [1.54, 1.807) is 11.1 Å². The van der Waals surface area contributed by atoms with Gasteiger partial charge in [-0.15, -0.1) is 0 Å². The number of hydrogen-bond donors (Lipinski definition) is 1. The summed E-state index contributed by atoms with van der Waals surface area (Å²) in [7, 11) is 0. The minimum atomic E-state index is 0.0512. The maximum atomic E-state index is 12.5.